The molecule has 23 heavy (non-hydrogen) atoms. The van der Waals surface area contributed by atoms with Crippen molar-refractivity contribution >= 4 is 33.6 Å². The lowest BCUT2D eigenvalue weighted by Gasteiger charge is -2.05. The maximum Gasteiger partial charge on any atom is 0.240 e. The number of benzene rings is 1. The summed E-state index contributed by atoms with van der Waals surface area (Å²) < 4.78 is 22.7. The van der Waals surface area contributed by atoms with Crippen molar-refractivity contribution in [1.82, 2.24) is 5.43 Å². The van der Waals surface area contributed by atoms with Crippen LogP contribution in [0.15, 0.2) is 29.4 Å². The van der Waals surface area contributed by atoms with Gasteiger partial charge in [-0.2, -0.15) is 5.10 Å². The van der Waals surface area contributed by atoms with Crippen molar-refractivity contribution in [2.45, 2.75) is 19.8 Å². The normalized spacial score (nSPS) is 19.6. The van der Waals surface area contributed by atoms with Gasteiger partial charge in [0.1, 0.15) is 0 Å². The first-order valence-corrected chi connectivity index (χ1v) is 9.06. The molecule has 0 spiro atoms. The van der Waals surface area contributed by atoms with Crippen LogP contribution in [-0.4, -0.2) is 38.0 Å². The van der Waals surface area contributed by atoms with E-state index >= 15 is 0 Å². The average molecular weight is 337 g/mol. The summed E-state index contributed by atoms with van der Waals surface area (Å²) in [6.45, 7) is 1.43. The molecule has 0 aromatic heterocycles. The second-order valence-electron chi connectivity index (χ2n) is 5.57. The smallest absolute Gasteiger partial charge is 0.240 e. The second kappa shape index (κ2) is 7.36. The Morgan fingerprint density at radius 1 is 1.30 bits per heavy atom. The SMILES string of the molecule is CC(=O)Nc1ccc(/C=N\NC(=O)C[C@@H]2CCS(=O)(=O)C2)cc1. The van der Waals surface area contributed by atoms with Crippen LogP contribution in [0.25, 0.3) is 0 Å². The summed E-state index contributed by atoms with van der Waals surface area (Å²) in [7, 11) is -2.97. The van der Waals surface area contributed by atoms with Gasteiger partial charge in [0.25, 0.3) is 0 Å². The highest BCUT2D eigenvalue weighted by atomic mass is 32.2. The van der Waals surface area contributed by atoms with Crippen LogP contribution in [0.5, 0.6) is 0 Å². The van der Waals surface area contributed by atoms with E-state index in [-0.39, 0.29) is 35.7 Å². The highest BCUT2D eigenvalue weighted by Crippen LogP contribution is 2.21. The van der Waals surface area contributed by atoms with E-state index in [9.17, 15) is 18.0 Å². The van der Waals surface area contributed by atoms with Gasteiger partial charge < -0.3 is 5.32 Å². The zero-order chi connectivity index (χ0) is 16.9. The highest BCUT2D eigenvalue weighted by Gasteiger charge is 2.29. The van der Waals surface area contributed by atoms with Crippen molar-refractivity contribution in [1.29, 1.82) is 0 Å². The summed E-state index contributed by atoms with van der Waals surface area (Å²) >= 11 is 0. The van der Waals surface area contributed by atoms with Crippen LogP contribution in [0.4, 0.5) is 5.69 Å². The Labute approximate surface area is 135 Å². The third-order valence-corrected chi connectivity index (χ3v) is 5.27. The topological polar surface area (TPSA) is 105 Å². The van der Waals surface area contributed by atoms with Crippen molar-refractivity contribution in [2.24, 2.45) is 11.0 Å². The number of hydrogen-bond acceptors (Lipinski definition) is 5. The highest BCUT2D eigenvalue weighted by molar-refractivity contribution is 7.91. The molecule has 8 heteroatoms. The van der Waals surface area contributed by atoms with Crippen LogP contribution >= 0.6 is 0 Å². The lowest BCUT2D eigenvalue weighted by Crippen LogP contribution is -2.21. The third-order valence-electron chi connectivity index (χ3n) is 3.43. The zero-order valence-corrected chi connectivity index (χ0v) is 13.6. The van der Waals surface area contributed by atoms with Crippen LogP contribution in [0, 0.1) is 5.92 Å². The van der Waals surface area contributed by atoms with Crippen molar-refractivity contribution in [3.63, 3.8) is 0 Å². The molecule has 0 aliphatic carbocycles. The van der Waals surface area contributed by atoms with E-state index in [0.29, 0.717) is 12.1 Å². The molecule has 124 valence electrons. The summed E-state index contributed by atoms with van der Waals surface area (Å²) in [4.78, 5) is 22.6. The Morgan fingerprint density at radius 3 is 2.57 bits per heavy atom. The Bertz CT molecular complexity index is 711. The van der Waals surface area contributed by atoms with Gasteiger partial charge in [-0.15, -0.1) is 0 Å². The van der Waals surface area contributed by atoms with E-state index in [1.54, 1.807) is 24.3 Å². The first kappa shape index (κ1) is 17.1. The summed E-state index contributed by atoms with van der Waals surface area (Å²) in [5.41, 5.74) is 3.85. The molecule has 2 N–H and O–H groups in total. The maximum atomic E-state index is 11.7. The average Bonchev–Trinajstić information content (AvgIpc) is 2.79. The molecule has 1 saturated heterocycles. The van der Waals surface area contributed by atoms with Crippen molar-refractivity contribution in [3.05, 3.63) is 29.8 Å². The maximum absolute atomic E-state index is 11.7. The molecule has 1 aromatic rings. The van der Waals surface area contributed by atoms with Crippen molar-refractivity contribution in [2.75, 3.05) is 16.8 Å². The van der Waals surface area contributed by atoms with E-state index < -0.39 is 9.84 Å². The molecule has 1 aromatic carbocycles. The number of amides is 2. The number of carbonyl (C=O) groups is 2. The van der Waals surface area contributed by atoms with Crippen molar-refractivity contribution in [3.8, 4) is 0 Å². The molecule has 1 heterocycles. The van der Waals surface area contributed by atoms with Crippen molar-refractivity contribution < 1.29 is 18.0 Å². The van der Waals surface area contributed by atoms with Gasteiger partial charge in [-0.1, -0.05) is 12.1 Å². The van der Waals surface area contributed by atoms with Gasteiger partial charge in [-0.05, 0) is 30.0 Å². The van der Waals surface area contributed by atoms with Gasteiger partial charge in [0.2, 0.25) is 11.8 Å². The second-order valence-corrected chi connectivity index (χ2v) is 7.80. The summed E-state index contributed by atoms with van der Waals surface area (Å²) in [5, 5.41) is 6.50. The third kappa shape index (κ3) is 5.82. The Morgan fingerprint density at radius 2 is 2.00 bits per heavy atom. The lowest BCUT2D eigenvalue weighted by molar-refractivity contribution is -0.121. The van der Waals surface area contributed by atoms with Gasteiger partial charge in [0.15, 0.2) is 9.84 Å². The van der Waals surface area contributed by atoms with E-state index in [4.69, 9.17) is 0 Å². The number of anilines is 1. The molecule has 1 aliphatic heterocycles. The lowest BCUT2D eigenvalue weighted by atomic mass is 10.1. The number of sulfone groups is 1. The molecule has 1 fully saturated rings. The largest absolute Gasteiger partial charge is 0.326 e. The Hall–Kier alpha value is -2.22. The van der Waals surface area contributed by atoms with E-state index in [2.05, 4.69) is 15.8 Å². The van der Waals surface area contributed by atoms with Gasteiger partial charge in [0, 0.05) is 19.0 Å². The number of nitrogens with one attached hydrogen (secondary N) is 2. The first-order valence-electron chi connectivity index (χ1n) is 7.24. The molecule has 0 unspecified atom stereocenters. The number of nitrogens with zero attached hydrogens (tertiary/aromatic N) is 1. The number of hydrogen-bond donors (Lipinski definition) is 2. The molecule has 7 nitrogen and oxygen atoms in total. The predicted molar refractivity (Wildman–Crippen MR) is 87.9 cm³/mol. The van der Waals surface area contributed by atoms with Crippen LogP contribution < -0.4 is 10.7 Å². The quantitative estimate of drug-likeness (QED) is 0.616. The molecular formula is C15H19N3O4S. The molecule has 1 aliphatic rings. The fraction of sp³-hybridized carbons (Fsp3) is 0.400. The fourth-order valence-electron chi connectivity index (χ4n) is 2.38. The van der Waals surface area contributed by atoms with Crippen LogP contribution in [0.2, 0.25) is 0 Å². The first-order chi connectivity index (χ1) is 10.8. The summed E-state index contributed by atoms with van der Waals surface area (Å²) in [6.07, 6.45) is 2.18. The van der Waals surface area contributed by atoms with Gasteiger partial charge in [-0.25, -0.2) is 13.8 Å². The van der Waals surface area contributed by atoms with E-state index in [0.717, 1.165) is 5.56 Å². The minimum Gasteiger partial charge on any atom is -0.326 e. The number of rotatable bonds is 5. The van der Waals surface area contributed by atoms with Gasteiger partial charge in [0.05, 0.1) is 17.7 Å². The van der Waals surface area contributed by atoms with Gasteiger partial charge in [-0.3, -0.25) is 9.59 Å². The van der Waals surface area contributed by atoms with Gasteiger partial charge >= 0.3 is 0 Å². The molecular weight excluding hydrogens is 318 g/mol. The monoisotopic (exact) mass is 337 g/mol. The molecule has 1 atom stereocenters. The molecule has 0 radical (unpaired) electrons. The standard InChI is InChI=1S/C15H19N3O4S/c1-11(19)17-14-4-2-12(3-5-14)9-16-18-15(20)8-13-6-7-23(21,22)10-13/h2-5,9,13H,6-8,10H2,1H3,(H,17,19)(H,18,20)/b16-9-/t13-/m0/s1. The number of carbonyl (C=O) groups excluding carboxylic acids is 2. The molecule has 2 amide bonds. The summed E-state index contributed by atoms with van der Waals surface area (Å²) in [5.74, 6) is -0.318. The van der Waals surface area contributed by atoms with Crippen LogP contribution in [-0.2, 0) is 19.4 Å². The van der Waals surface area contributed by atoms with E-state index in [1.807, 2.05) is 0 Å². The van der Waals surface area contributed by atoms with E-state index in [1.165, 1.54) is 13.1 Å². The summed E-state index contributed by atoms with van der Waals surface area (Å²) in [6, 6.07) is 6.97. The molecule has 0 bridgehead atoms. The fourth-order valence-corrected chi connectivity index (χ4v) is 4.24. The van der Waals surface area contributed by atoms with Crippen LogP contribution in [0.3, 0.4) is 0 Å². The minimum absolute atomic E-state index is 0.0781. The number of hydrazone groups is 1. The minimum atomic E-state index is -2.97. The molecule has 2 rings (SSSR count). The van der Waals surface area contributed by atoms with Crippen LogP contribution in [0.1, 0.15) is 25.3 Å². The predicted octanol–water partition coefficient (Wildman–Crippen LogP) is 0.920. The Balaban J connectivity index is 1.79. The zero-order valence-electron chi connectivity index (χ0n) is 12.8. The molecule has 0 saturated carbocycles. The Kier molecular flexibility index (Phi) is 5.49.